The quantitative estimate of drug-likeness (QED) is 0.876. The summed E-state index contributed by atoms with van der Waals surface area (Å²) in [7, 11) is 0. The van der Waals surface area contributed by atoms with Crippen molar-refractivity contribution in [3.63, 3.8) is 0 Å². The van der Waals surface area contributed by atoms with Crippen LogP contribution in [-0.2, 0) is 0 Å². The van der Waals surface area contributed by atoms with E-state index in [4.69, 9.17) is 16.3 Å². The second-order valence-corrected chi connectivity index (χ2v) is 5.51. The van der Waals surface area contributed by atoms with Crippen LogP contribution in [0.4, 0.5) is 0 Å². The fourth-order valence-electron chi connectivity index (χ4n) is 2.82. The van der Waals surface area contributed by atoms with Gasteiger partial charge in [0, 0.05) is 18.1 Å². The Morgan fingerprint density at radius 3 is 2.21 bits per heavy atom. The Balaban J connectivity index is 0.000000902. The van der Waals surface area contributed by atoms with E-state index in [0.29, 0.717) is 5.92 Å². The third-order valence-corrected chi connectivity index (χ3v) is 3.82. The zero-order valence-electron chi connectivity index (χ0n) is 10.5. The van der Waals surface area contributed by atoms with Crippen LogP contribution in [0.3, 0.4) is 0 Å². The molecular formula is C13H19Cl3N2O. The molecular weight excluding hydrogens is 307 g/mol. The SMILES string of the molecule is Cl.Cl.Clc1ccc(OC23CNCC(CNC2)C3)cc1. The molecule has 6 heteroatoms. The smallest absolute Gasteiger partial charge is 0.134 e. The zero-order valence-corrected chi connectivity index (χ0v) is 12.9. The maximum Gasteiger partial charge on any atom is 0.134 e. The normalized spacial score (nSPS) is 28.8. The van der Waals surface area contributed by atoms with E-state index in [-0.39, 0.29) is 30.4 Å². The number of rotatable bonds is 2. The molecule has 0 spiro atoms. The van der Waals surface area contributed by atoms with Gasteiger partial charge < -0.3 is 15.4 Å². The van der Waals surface area contributed by atoms with Crippen molar-refractivity contribution in [1.29, 1.82) is 0 Å². The van der Waals surface area contributed by atoms with E-state index in [1.54, 1.807) is 0 Å². The minimum atomic E-state index is -0.0883. The van der Waals surface area contributed by atoms with Gasteiger partial charge in [0.1, 0.15) is 11.4 Å². The highest BCUT2D eigenvalue weighted by molar-refractivity contribution is 6.30. The van der Waals surface area contributed by atoms with Gasteiger partial charge in [-0.05, 0) is 49.7 Å². The summed E-state index contributed by atoms with van der Waals surface area (Å²) in [5.74, 6) is 1.59. The van der Waals surface area contributed by atoms with Gasteiger partial charge in [0.25, 0.3) is 0 Å². The molecule has 0 aromatic heterocycles. The van der Waals surface area contributed by atoms with Crippen molar-refractivity contribution < 1.29 is 4.74 Å². The Labute approximate surface area is 131 Å². The number of hydrogen-bond donors (Lipinski definition) is 2. The van der Waals surface area contributed by atoms with Crippen molar-refractivity contribution in [2.75, 3.05) is 26.2 Å². The van der Waals surface area contributed by atoms with E-state index in [2.05, 4.69) is 10.6 Å². The van der Waals surface area contributed by atoms with Crippen molar-refractivity contribution in [2.24, 2.45) is 5.92 Å². The van der Waals surface area contributed by atoms with Gasteiger partial charge in [0.05, 0.1) is 0 Å². The van der Waals surface area contributed by atoms with Crippen molar-refractivity contribution in [1.82, 2.24) is 10.6 Å². The number of halogens is 3. The molecule has 3 rings (SSSR count). The molecule has 0 radical (unpaired) electrons. The summed E-state index contributed by atoms with van der Waals surface area (Å²) in [5.41, 5.74) is -0.0883. The third-order valence-electron chi connectivity index (χ3n) is 3.57. The highest BCUT2D eigenvalue weighted by Gasteiger charge is 2.41. The number of hydrogen-bond acceptors (Lipinski definition) is 3. The molecule has 2 bridgehead atoms. The summed E-state index contributed by atoms with van der Waals surface area (Å²) >= 11 is 5.88. The third kappa shape index (κ3) is 3.89. The highest BCUT2D eigenvalue weighted by Crippen LogP contribution is 2.30. The molecule has 0 aliphatic carbocycles. The molecule has 0 unspecified atom stereocenters. The number of nitrogens with one attached hydrogen (secondary N) is 2. The van der Waals surface area contributed by atoms with Gasteiger partial charge in [-0.25, -0.2) is 0 Å². The summed E-state index contributed by atoms with van der Waals surface area (Å²) in [6, 6.07) is 7.62. The van der Waals surface area contributed by atoms with Crippen LogP contribution in [0, 0.1) is 5.92 Å². The first-order valence-corrected chi connectivity index (χ1v) is 6.50. The number of piperidine rings is 2. The minimum absolute atomic E-state index is 0. The molecule has 2 N–H and O–H groups in total. The Kier molecular flexibility index (Phi) is 6.21. The van der Waals surface area contributed by atoms with Crippen molar-refractivity contribution in [3.8, 4) is 5.75 Å². The van der Waals surface area contributed by atoms with Crippen LogP contribution in [0.1, 0.15) is 6.42 Å². The molecule has 2 saturated heterocycles. The standard InChI is InChI=1S/C13H17ClN2O.2ClH/c14-11-1-3-12(4-2-11)17-13-5-10(6-15-8-13)7-16-9-13;;/h1-4,10,15-16H,5-9H2;2*1H. The molecule has 2 aliphatic rings. The van der Waals surface area contributed by atoms with Crippen LogP contribution < -0.4 is 15.4 Å². The lowest BCUT2D eigenvalue weighted by atomic mass is 9.83. The average molecular weight is 326 g/mol. The van der Waals surface area contributed by atoms with Crippen LogP contribution in [0.2, 0.25) is 5.02 Å². The van der Waals surface area contributed by atoms with Gasteiger partial charge in [-0.1, -0.05) is 11.6 Å². The molecule has 19 heavy (non-hydrogen) atoms. The number of ether oxygens (including phenoxy) is 1. The van der Waals surface area contributed by atoms with Crippen LogP contribution in [0.25, 0.3) is 0 Å². The first-order chi connectivity index (χ1) is 8.26. The molecule has 0 atom stereocenters. The molecule has 2 aliphatic heterocycles. The second kappa shape index (κ2) is 7.00. The Hall–Kier alpha value is -0.190. The molecule has 0 amide bonds. The molecule has 2 heterocycles. The highest BCUT2D eigenvalue weighted by atomic mass is 35.5. The van der Waals surface area contributed by atoms with E-state index in [9.17, 15) is 0 Å². The fraction of sp³-hybridized carbons (Fsp3) is 0.538. The van der Waals surface area contributed by atoms with Gasteiger partial charge in [-0.2, -0.15) is 0 Å². The molecule has 0 saturated carbocycles. The summed E-state index contributed by atoms with van der Waals surface area (Å²) in [6.45, 7) is 4.02. The van der Waals surface area contributed by atoms with Crippen molar-refractivity contribution in [2.45, 2.75) is 12.0 Å². The van der Waals surface area contributed by atoms with Crippen LogP contribution >= 0.6 is 36.4 Å². The average Bonchev–Trinajstić information content (AvgIpc) is 2.32. The lowest BCUT2D eigenvalue weighted by molar-refractivity contribution is 0.000915. The molecule has 1 aromatic carbocycles. The predicted molar refractivity (Wildman–Crippen MR) is 83.2 cm³/mol. The van der Waals surface area contributed by atoms with E-state index < -0.39 is 0 Å². The largest absolute Gasteiger partial charge is 0.485 e. The van der Waals surface area contributed by atoms with Crippen LogP contribution in [0.15, 0.2) is 24.3 Å². The van der Waals surface area contributed by atoms with E-state index in [1.165, 1.54) is 0 Å². The van der Waals surface area contributed by atoms with E-state index >= 15 is 0 Å². The summed E-state index contributed by atoms with van der Waals surface area (Å²) in [6.07, 6.45) is 1.13. The van der Waals surface area contributed by atoms with Crippen molar-refractivity contribution in [3.05, 3.63) is 29.3 Å². The van der Waals surface area contributed by atoms with E-state index in [1.807, 2.05) is 24.3 Å². The Bertz CT molecular complexity index is 389. The monoisotopic (exact) mass is 324 g/mol. The molecule has 3 nitrogen and oxygen atoms in total. The molecule has 2 fully saturated rings. The van der Waals surface area contributed by atoms with Crippen LogP contribution in [0.5, 0.6) is 5.75 Å². The van der Waals surface area contributed by atoms with Crippen molar-refractivity contribution >= 4 is 36.4 Å². The number of fused-ring (bicyclic) bond motifs is 2. The first-order valence-electron chi connectivity index (χ1n) is 6.12. The van der Waals surface area contributed by atoms with Gasteiger partial charge in [-0.15, -0.1) is 24.8 Å². The molecule has 1 aromatic rings. The van der Waals surface area contributed by atoms with Gasteiger partial charge >= 0.3 is 0 Å². The predicted octanol–water partition coefficient (Wildman–Crippen LogP) is 2.51. The van der Waals surface area contributed by atoms with Gasteiger partial charge in [0.15, 0.2) is 0 Å². The summed E-state index contributed by atoms with van der Waals surface area (Å²) in [5, 5.41) is 7.68. The zero-order chi connectivity index (χ0) is 11.7. The molecule has 108 valence electrons. The number of benzene rings is 1. The maximum absolute atomic E-state index is 6.19. The topological polar surface area (TPSA) is 33.3 Å². The summed E-state index contributed by atoms with van der Waals surface area (Å²) in [4.78, 5) is 0. The van der Waals surface area contributed by atoms with Crippen LogP contribution in [-0.4, -0.2) is 31.8 Å². The first kappa shape index (κ1) is 16.9. The lowest BCUT2D eigenvalue weighted by Crippen LogP contribution is -2.63. The van der Waals surface area contributed by atoms with Gasteiger partial charge in [-0.3, -0.25) is 0 Å². The Morgan fingerprint density at radius 1 is 1.05 bits per heavy atom. The van der Waals surface area contributed by atoms with Gasteiger partial charge in [0.2, 0.25) is 0 Å². The lowest BCUT2D eigenvalue weighted by Gasteiger charge is -2.45. The summed E-state index contributed by atoms with van der Waals surface area (Å²) < 4.78 is 6.19. The Morgan fingerprint density at radius 2 is 1.63 bits per heavy atom. The fourth-order valence-corrected chi connectivity index (χ4v) is 2.95. The van der Waals surface area contributed by atoms with E-state index in [0.717, 1.165) is 43.4 Å². The minimum Gasteiger partial charge on any atom is -0.485 e. The second-order valence-electron chi connectivity index (χ2n) is 5.07. The maximum atomic E-state index is 6.19.